The van der Waals surface area contributed by atoms with Crippen LogP contribution in [-0.2, 0) is 11.3 Å². The fourth-order valence-electron chi connectivity index (χ4n) is 0.962. The second-order valence-electron chi connectivity index (χ2n) is 4.24. The number of alkyl carbamates (subject to hydrolysis) is 1. The molecule has 5 nitrogen and oxygen atoms in total. The third kappa shape index (κ3) is 4.93. The first-order chi connectivity index (χ1) is 7.37. The van der Waals surface area contributed by atoms with Crippen molar-refractivity contribution in [2.45, 2.75) is 32.9 Å². The Bertz CT molecular complexity index is 377. The zero-order chi connectivity index (χ0) is 12.2. The van der Waals surface area contributed by atoms with Crippen LogP contribution in [0.3, 0.4) is 0 Å². The maximum atomic E-state index is 11.3. The Balaban J connectivity index is 2.43. The van der Waals surface area contributed by atoms with Crippen LogP contribution in [-0.4, -0.2) is 21.9 Å². The second kappa shape index (κ2) is 5.12. The molecule has 1 aromatic rings. The average Bonchev–Trinajstić information content (AvgIpc) is 2.12. The SMILES string of the molecule is CC(C)(C)OC(=O)NCc1cnnc(Cl)c1. The number of nitrogens with zero attached hydrogens (tertiary/aromatic N) is 2. The molecule has 0 aliphatic carbocycles. The van der Waals surface area contributed by atoms with Crippen LogP contribution in [0.25, 0.3) is 0 Å². The Kier molecular flexibility index (Phi) is 4.06. The Labute approximate surface area is 99.2 Å². The van der Waals surface area contributed by atoms with Gasteiger partial charge in [0, 0.05) is 6.54 Å². The molecule has 1 rings (SSSR count). The topological polar surface area (TPSA) is 64.1 Å². The van der Waals surface area contributed by atoms with Crippen LogP contribution in [0.4, 0.5) is 4.79 Å². The number of hydrogen-bond donors (Lipinski definition) is 1. The fourth-order valence-corrected chi connectivity index (χ4v) is 1.15. The van der Waals surface area contributed by atoms with Gasteiger partial charge in [0.1, 0.15) is 5.60 Å². The molecule has 6 heteroatoms. The Morgan fingerprint density at radius 2 is 2.25 bits per heavy atom. The molecule has 0 aromatic carbocycles. The van der Waals surface area contributed by atoms with Gasteiger partial charge >= 0.3 is 6.09 Å². The first-order valence-electron chi connectivity index (χ1n) is 4.81. The van der Waals surface area contributed by atoms with Crippen molar-refractivity contribution >= 4 is 17.7 Å². The zero-order valence-electron chi connectivity index (χ0n) is 9.45. The van der Waals surface area contributed by atoms with Crippen LogP contribution in [0.2, 0.25) is 5.15 Å². The lowest BCUT2D eigenvalue weighted by atomic mass is 10.2. The number of halogens is 1. The number of carbonyl (C=O) groups excluding carboxylic acids is 1. The second-order valence-corrected chi connectivity index (χ2v) is 4.63. The minimum atomic E-state index is -0.502. The lowest BCUT2D eigenvalue weighted by Crippen LogP contribution is -2.32. The van der Waals surface area contributed by atoms with E-state index >= 15 is 0 Å². The summed E-state index contributed by atoms with van der Waals surface area (Å²) >= 11 is 5.65. The van der Waals surface area contributed by atoms with Crippen LogP contribution in [0.1, 0.15) is 26.3 Å². The standard InChI is InChI=1S/C10H14ClN3O2/c1-10(2,3)16-9(15)12-5-7-4-8(11)14-13-6-7/h4,6H,5H2,1-3H3,(H,12,15). The number of aromatic nitrogens is 2. The fraction of sp³-hybridized carbons (Fsp3) is 0.500. The molecule has 0 atom stereocenters. The molecular formula is C10H14ClN3O2. The highest BCUT2D eigenvalue weighted by Crippen LogP contribution is 2.08. The molecule has 0 bridgehead atoms. The van der Waals surface area contributed by atoms with Crippen molar-refractivity contribution in [3.05, 3.63) is 23.0 Å². The molecular weight excluding hydrogens is 230 g/mol. The number of amides is 1. The van der Waals surface area contributed by atoms with E-state index in [9.17, 15) is 4.79 Å². The van der Waals surface area contributed by atoms with E-state index in [0.29, 0.717) is 11.7 Å². The molecule has 88 valence electrons. The van der Waals surface area contributed by atoms with Crippen LogP contribution < -0.4 is 5.32 Å². The maximum absolute atomic E-state index is 11.3. The zero-order valence-corrected chi connectivity index (χ0v) is 10.2. The molecule has 16 heavy (non-hydrogen) atoms. The number of hydrogen-bond acceptors (Lipinski definition) is 4. The Hall–Kier alpha value is -1.36. The quantitative estimate of drug-likeness (QED) is 0.865. The smallest absolute Gasteiger partial charge is 0.407 e. The molecule has 1 heterocycles. The van der Waals surface area contributed by atoms with Gasteiger partial charge in [-0.1, -0.05) is 11.6 Å². The third-order valence-corrected chi connectivity index (χ3v) is 1.70. The van der Waals surface area contributed by atoms with Crippen molar-refractivity contribution in [1.29, 1.82) is 0 Å². The Morgan fingerprint density at radius 1 is 1.56 bits per heavy atom. The van der Waals surface area contributed by atoms with Gasteiger partial charge in [-0.2, -0.15) is 5.10 Å². The highest BCUT2D eigenvalue weighted by Gasteiger charge is 2.15. The van der Waals surface area contributed by atoms with Gasteiger partial charge in [-0.25, -0.2) is 4.79 Å². The highest BCUT2D eigenvalue weighted by molar-refractivity contribution is 6.29. The molecule has 0 saturated heterocycles. The van der Waals surface area contributed by atoms with Crippen LogP contribution >= 0.6 is 11.6 Å². The lowest BCUT2D eigenvalue weighted by molar-refractivity contribution is 0.0523. The molecule has 0 aliphatic rings. The summed E-state index contributed by atoms with van der Waals surface area (Å²) in [5, 5.41) is 10.2. The van der Waals surface area contributed by atoms with E-state index in [0.717, 1.165) is 5.56 Å². The van der Waals surface area contributed by atoms with Gasteiger partial charge in [0.2, 0.25) is 0 Å². The van der Waals surface area contributed by atoms with E-state index in [1.54, 1.807) is 26.8 Å². The monoisotopic (exact) mass is 243 g/mol. The molecule has 0 spiro atoms. The van der Waals surface area contributed by atoms with E-state index in [-0.39, 0.29) is 0 Å². The number of ether oxygens (including phenoxy) is 1. The van der Waals surface area contributed by atoms with Gasteiger partial charge in [-0.15, -0.1) is 5.10 Å². The first kappa shape index (κ1) is 12.7. The molecule has 0 fully saturated rings. The van der Waals surface area contributed by atoms with E-state index in [1.165, 1.54) is 6.20 Å². The summed E-state index contributed by atoms with van der Waals surface area (Å²) in [6.45, 7) is 5.72. The normalized spacial score (nSPS) is 11.0. The number of rotatable bonds is 2. The van der Waals surface area contributed by atoms with Gasteiger partial charge in [0.05, 0.1) is 6.20 Å². The van der Waals surface area contributed by atoms with Gasteiger partial charge < -0.3 is 10.1 Å². The van der Waals surface area contributed by atoms with Gasteiger partial charge in [-0.05, 0) is 32.4 Å². The summed E-state index contributed by atoms with van der Waals surface area (Å²) in [5.41, 5.74) is 0.268. The predicted octanol–water partition coefficient (Wildman–Crippen LogP) is 2.15. The van der Waals surface area contributed by atoms with E-state index in [2.05, 4.69) is 15.5 Å². The predicted molar refractivity (Wildman–Crippen MR) is 60.1 cm³/mol. The first-order valence-corrected chi connectivity index (χ1v) is 5.18. The third-order valence-electron chi connectivity index (χ3n) is 1.52. The summed E-state index contributed by atoms with van der Waals surface area (Å²) < 4.78 is 5.07. The highest BCUT2D eigenvalue weighted by atomic mass is 35.5. The van der Waals surface area contributed by atoms with Crippen molar-refractivity contribution in [2.24, 2.45) is 0 Å². The van der Waals surface area contributed by atoms with Crippen molar-refractivity contribution < 1.29 is 9.53 Å². The van der Waals surface area contributed by atoms with Crippen LogP contribution in [0.15, 0.2) is 12.3 Å². The van der Waals surface area contributed by atoms with Crippen molar-refractivity contribution in [2.75, 3.05) is 0 Å². The van der Waals surface area contributed by atoms with Crippen molar-refractivity contribution in [1.82, 2.24) is 15.5 Å². The van der Waals surface area contributed by atoms with Gasteiger partial charge in [-0.3, -0.25) is 0 Å². The summed E-state index contributed by atoms with van der Waals surface area (Å²) in [4.78, 5) is 11.3. The molecule has 0 saturated carbocycles. The molecule has 0 unspecified atom stereocenters. The molecule has 1 aromatic heterocycles. The summed E-state index contributed by atoms with van der Waals surface area (Å²) in [6, 6.07) is 1.63. The minimum absolute atomic E-state index is 0.295. The van der Waals surface area contributed by atoms with Gasteiger partial charge in [0.15, 0.2) is 5.15 Å². The summed E-state index contributed by atoms with van der Waals surface area (Å²) in [5.74, 6) is 0. The van der Waals surface area contributed by atoms with Crippen LogP contribution in [0.5, 0.6) is 0 Å². The maximum Gasteiger partial charge on any atom is 0.407 e. The average molecular weight is 244 g/mol. The number of nitrogens with one attached hydrogen (secondary N) is 1. The van der Waals surface area contributed by atoms with E-state index in [4.69, 9.17) is 16.3 Å². The molecule has 1 N–H and O–H groups in total. The van der Waals surface area contributed by atoms with Crippen molar-refractivity contribution in [3.63, 3.8) is 0 Å². The summed E-state index contributed by atoms with van der Waals surface area (Å²) in [7, 11) is 0. The Morgan fingerprint density at radius 3 is 2.81 bits per heavy atom. The molecule has 0 aliphatic heterocycles. The van der Waals surface area contributed by atoms with Gasteiger partial charge in [0.25, 0.3) is 0 Å². The van der Waals surface area contributed by atoms with Crippen LogP contribution in [0, 0.1) is 0 Å². The summed E-state index contributed by atoms with van der Waals surface area (Å²) in [6.07, 6.45) is 1.06. The molecule has 1 amide bonds. The van der Waals surface area contributed by atoms with E-state index < -0.39 is 11.7 Å². The number of carbonyl (C=O) groups is 1. The van der Waals surface area contributed by atoms with Crippen molar-refractivity contribution in [3.8, 4) is 0 Å². The minimum Gasteiger partial charge on any atom is -0.444 e. The largest absolute Gasteiger partial charge is 0.444 e. The lowest BCUT2D eigenvalue weighted by Gasteiger charge is -2.19. The molecule has 0 radical (unpaired) electrons. The van der Waals surface area contributed by atoms with E-state index in [1.807, 2.05) is 0 Å².